The quantitative estimate of drug-likeness (QED) is 0.741. The van der Waals surface area contributed by atoms with Crippen LogP contribution in [0.1, 0.15) is 33.6 Å². The molecule has 0 aromatic rings. The van der Waals surface area contributed by atoms with E-state index in [1.807, 2.05) is 0 Å². The third kappa shape index (κ3) is 4.94. The van der Waals surface area contributed by atoms with Crippen LogP contribution < -0.4 is 11.1 Å². The van der Waals surface area contributed by atoms with Crippen LogP contribution in [0.4, 0.5) is 0 Å². The van der Waals surface area contributed by atoms with Crippen molar-refractivity contribution < 1.29 is 0 Å². The van der Waals surface area contributed by atoms with E-state index in [-0.39, 0.29) is 0 Å². The van der Waals surface area contributed by atoms with Crippen molar-refractivity contribution in [3.63, 3.8) is 0 Å². The van der Waals surface area contributed by atoms with Crippen LogP contribution in [-0.4, -0.2) is 44.7 Å². The van der Waals surface area contributed by atoms with Crippen LogP contribution in [0.15, 0.2) is 0 Å². The monoisotopic (exact) mass is 241 g/mol. The average molecular weight is 241 g/mol. The molecule has 1 aliphatic heterocycles. The van der Waals surface area contributed by atoms with E-state index in [2.05, 4.69) is 38.0 Å². The Labute approximate surface area is 107 Å². The number of nitrogens with one attached hydrogen (secondary N) is 1. The van der Waals surface area contributed by atoms with Crippen molar-refractivity contribution in [3.8, 4) is 0 Å². The van der Waals surface area contributed by atoms with E-state index in [9.17, 15) is 0 Å². The first-order valence-electron chi connectivity index (χ1n) is 7.06. The summed E-state index contributed by atoms with van der Waals surface area (Å²) in [7, 11) is 2.22. The van der Waals surface area contributed by atoms with Gasteiger partial charge < -0.3 is 16.0 Å². The highest BCUT2D eigenvalue weighted by atomic mass is 15.1. The highest BCUT2D eigenvalue weighted by Gasteiger charge is 2.28. The fraction of sp³-hybridized carbons (Fsp3) is 1.00. The minimum absolute atomic E-state index is 0.489. The second-order valence-corrected chi connectivity index (χ2v) is 6.48. The molecule has 102 valence electrons. The Morgan fingerprint density at radius 1 is 1.29 bits per heavy atom. The predicted octanol–water partition coefficient (Wildman–Crippen LogP) is 1.54. The Balaban J connectivity index is 2.25. The molecular weight excluding hydrogens is 210 g/mol. The van der Waals surface area contributed by atoms with E-state index < -0.39 is 0 Å². The molecule has 3 N–H and O–H groups in total. The van der Waals surface area contributed by atoms with E-state index in [1.165, 1.54) is 25.9 Å². The lowest BCUT2D eigenvalue weighted by molar-refractivity contribution is 0.134. The van der Waals surface area contributed by atoms with Gasteiger partial charge in [-0.3, -0.25) is 0 Å². The van der Waals surface area contributed by atoms with E-state index >= 15 is 0 Å². The zero-order chi connectivity index (χ0) is 12.9. The first-order valence-corrected chi connectivity index (χ1v) is 7.06. The van der Waals surface area contributed by atoms with E-state index in [4.69, 9.17) is 5.73 Å². The van der Waals surface area contributed by atoms with Crippen LogP contribution in [0.3, 0.4) is 0 Å². The summed E-state index contributed by atoms with van der Waals surface area (Å²) in [6.07, 6.45) is 2.62. The minimum Gasteiger partial charge on any atom is -0.330 e. The number of hydrogen-bond donors (Lipinski definition) is 2. The first kappa shape index (κ1) is 14.9. The molecule has 1 heterocycles. The van der Waals surface area contributed by atoms with Gasteiger partial charge in [0.2, 0.25) is 0 Å². The standard InChI is InChI=1S/C14H31N3/c1-12(2)13(9-15)10-16-11-14(3)5-7-17(4)8-6-14/h12-13,16H,5-11,15H2,1-4H3. The summed E-state index contributed by atoms with van der Waals surface area (Å²) in [6.45, 7) is 12.4. The van der Waals surface area contributed by atoms with Gasteiger partial charge in [0.05, 0.1) is 0 Å². The summed E-state index contributed by atoms with van der Waals surface area (Å²) in [4.78, 5) is 2.43. The zero-order valence-electron chi connectivity index (χ0n) is 12.1. The average Bonchev–Trinajstić information content (AvgIpc) is 2.29. The van der Waals surface area contributed by atoms with Gasteiger partial charge in [-0.25, -0.2) is 0 Å². The summed E-state index contributed by atoms with van der Waals surface area (Å²) in [6, 6.07) is 0. The molecular formula is C14H31N3. The molecule has 0 aromatic carbocycles. The largest absolute Gasteiger partial charge is 0.330 e. The molecule has 0 bridgehead atoms. The number of nitrogens with zero attached hydrogens (tertiary/aromatic N) is 1. The minimum atomic E-state index is 0.489. The maximum Gasteiger partial charge on any atom is 0.000624 e. The molecule has 1 atom stereocenters. The van der Waals surface area contributed by atoms with Crippen LogP contribution in [0.25, 0.3) is 0 Å². The second-order valence-electron chi connectivity index (χ2n) is 6.48. The van der Waals surface area contributed by atoms with Gasteiger partial charge in [-0.15, -0.1) is 0 Å². The smallest absolute Gasteiger partial charge is 0.000624 e. The Hall–Kier alpha value is -0.120. The van der Waals surface area contributed by atoms with Crippen LogP contribution in [0.5, 0.6) is 0 Å². The molecule has 1 rings (SSSR count). The molecule has 0 aromatic heterocycles. The Morgan fingerprint density at radius 2 is 1.88 bits per heavy atom. The Bertz CT molecular complexity index is 208. The van der Waals surface area contributed by atoms with E-state index in [1.54, 1.807) is 0 Å². The lowest BCUT2D eigenvalue weighted by atomic mass is 9.80. The van der Waals surface area contributed by atoms with Crippen molar-refractivity contribution in [1.82, 2.24) is 10.2 Å². The van der Waals surface area contributed by atoms with Crippen LogP contribution in [0.2, 0.25) is 0 Å². The third-order valence-electron chi connectivity index (χ3n) is 4.40. The summed E-state index contributed by atoms with van der Waals surface area (Å²) >= 11 is 0. The van der Waals surface area contributed by atoms with Gasteiger partial charge >= 0.3 is 0 Å². The summed E-state index contributed by atoms with van der Waals surface area (Å²) in [5.74, 6) is 1.29. The topological polar surface area (TPSA) is 41.3 Å². The molecule has 1 aliphatic rings. The van der Waals surface area contributed by atoms with Crippen LogP contribution in [0, 0.1) is 17.3 Å². The van der Waals surface area contributed by atoms with Crippen LogP contribution >= 0.6 is 0 Å². The van der Waals surface area contributed by atoms with Gasteiger partial charge in [0.25, 0.3) is 0 Å². The van der Waals surface area contributed by atoms with Gasteiger partial charge in [0.1, 0.15) is 0 Å². The van der Waals surface area contributed by atoms with Crippen LogP contribution in [-0.2, 0) is 0 Å². The van der Waals surface area contributed by atoms with Crippen molar-refractivity contribution in [2.24, 2.45) is 23.0 Å². The molecule has 0 radical (unpaired) electrons. The maximum absolute atomic E-state index is 5.80. The summed E-state index contributed by atoms with van der Waals surface area (Å²) < 4.78 is 0. The molecule has 0 aliphatic carbocycles. The van der Waals surface area contributed by atoms with Crippen molar-refractivity contribution in [2.75, 3.05) is 39.8 Å². The fourth-order valence-electron chi connectivity index (χ4n) is 2.49. The van der Waals surface area contributed by atoms with Crippen molar-refractivity contribution in [3.05, 3.63) is 0 Å². The first-order chi connectivity index (χ1) is 7.97. The van der Waals surface area contributed by atoms with Crippen molar-refractivity contribution >= 4 is 0 Å². The number of piperidine rings is 1. The van der Waals surface area contributed by atoms with Crippen molar-refractivity contribution in [2.45, 2.75) is 33.6 Å². The highest BCUT2D eigenvalue weighted by Crippen LogP contribution is 2.29. The number of hydrogen-bond acceptors (Lipinski definition) is 3. The van der Waals surface area contributed by atoms with Gasteiger partial charge in [-0.2, -0.15) is 0 Å². The lowest BCUT2D eigenvalue weighted by Gasteiger charge is -2.38. The van der Waals surface area contributed by atoms with Gasteiger partial charge in [0, 0.05) is 6.54 Å². The van der Waals surface area contributed by atoms with Crippen molar-refractivity contribution in [1.29, 1.82) is 0 Å². The molecule has 17 heavy (non-hydrogen) atoms. The fourth-order valence-corrected chi connectivity index (χ4v) is 2.49. The highest BCUT2D eigenvalue weighted by molar-refractivity contribution is 4.83. The third-order valence-corrected chi connectivity index (χ3v) is 4.40. The molecule has 1 fully saturated rings. The molecule has 1 unspecified atom stereocenters. The zero-order valence-corrected chi connectivity index (χ0v) is 12.1. The number of rotatable bonds is 6. The number of nitrogens with two attached hydrogens (primary N) is 1. The molecule has 0 saturated carbocycles. The second kappa shape index (κ2) is 6.72. The summed E-state index contributed by atoms with van der Waals surface area (Å²) in [5, 5.41) is 3.64. The predicted molar refractivity (Wildman–Crippen MR) is 75.1 cm³/mol. The SMILES string of the molecule is CC(C)C(CN)CNCC1(C)CCN(C)CC1. The van der Waals surface area contributed by atoms with Gasteiger partial charge in [-0.1, -0.05) is 20.8 Å². The number of likely N-dealkylation sites (tertiary alicyclic amines) is 1. The molecule has 0 amide bonds. The molecule has 3 heteroatoms. The lowest BCUT2D eigenvalue weighted by Crippen LogP contribution is -2.43. The maximum atomic E-state index is 5.80. The molecule has 1 saturated heterocycles. The van der Waals surface area contributed by atoms with Gasteiger partial charge in [-0.05, 0) is 63.3 Å². The van der Waals surface area contributed by atoms with E-state index in [0.29, 0.717) is 17.3 Å². The Kier molecular flexibility index (Phi) is 5.90. The molecule has 0 spiro atoms. The molecule has 3 nitrogen and oxygen atoms in total. The summed E-state index contributed by atoms with van der Waals surface area (Å²) in [5.41, 5.74) is 6.29. The van der Waals surface area contributed by atoms with Gasteiger partial charge in [0.15, 0.2) is 0 Å². The normalized spacial score (nSPS) is 22.9. The van der Waals surface area contributed by atoms with E-state index in [0.717, 1.165) is 19.6 Å². The Morgan fingerprint density at radius 3 is 2.35 bits per heavy atom.